The van der Waals surface area contributed by atoms with E-state index in [-0.39, 0.29) is 5.91 Å². The van der Waals surface area contributed by atoms with Gasteiger partial charge in [0, 0.05) is 74.6 Å². The van der Waals surface area contributed by atoms with Gasteiger partial charge in [0.15, 0.2) is 0 Å². The lowest BCUT2D eigenvalue weighted by molar-refractivity contribution is 0.102. The molecule has 2 saturated heterocycles. The molecule has 2 aromatic carbocycles. The molecule has 3 aromatic rings. The van der Waals surface area contributed by atoms with Crippen molar-refractivity contribution in [2.75, 3.05) is 75.1 Å². The molecule has 0 atom stereocenters. The van der Waals surface area contributed by atoms with Gasteiger partial charge in [-0.3, -0.25) is 9.69 Å². The smallest absolute Gasteiger partial charge is 0.255 e. The fraction of sp³-hybridized carbons (Fsp3) is 0.379. The van der Waals surface area contributed by atoms with Crippen LogP contribution in [0.3, 0.4) is 0 Å². The van der Waals surface area contributed by atoms with Gasteiger partial charge in [0.25, 0.3) is 5.91 Å². The Morgan fingerprint density at radius 1 is 0.946 bits per heavy atom. The Morgan fingerprint density at radius 2 is 1.76 bits per heavy atom. The molecule has 0 unspecified atom stereocenters. The predicted molar refractivity (Wildman–Crippen MR) is 149 cm³/mol. The normalized spacial score (nSPS) is 17.0. The van der Waals surface area contributed by atoms with Crippen molar-refractivity contribution >= 4 is 28.8 Å². The van der Waals surface area contributed by atoms with Crippen molar-refractivity contribution in [1.29, 1.82) is 0 Å². The summed E-state index contributed by atoms with van der Waals surface area (Å²) in [6.45, 7) is 10.4. The van der Waals surface area contributed by atoms with Gasteiger partial charge in [-0.2, -0.15) is 0 Å². The lowest BCUT2D eigenvalue weighted by atomic mass is 10.1. The Labute approximate surface area is 219 Å². The number of likely N-dealkylation sites (N-methyl/N-ethyl adjacent to an activating group) is 1. The SMILES string of the molecule is Cc1ccc(NC(=O)c2ccnc(N3CCOCC3)c2)cc1Nc1cccc(CN2CCN(C)CC2)c1. The summed E-state index contributed by atoms with van der Waals surface area (Å²) in [7, 11) is 2.18. The van der Waals surface area contributed by atoms with Crippen molar-refractivity contribution < 1.29 is 9.53 Å². The van der Waals surface area contributed by atoms with E-state index in [1.807, 2.05) is 24.3 Å². The predicted octanol–water partition coefficient (Wildman–Crippen LogP) is 3.97. The standard InChI is InChI=1S/C29H36N6O2/c1-22-6-7-26(32-29(36)24-8-9-30-28(19-24)35-14-16-37-17-15-35)20-27(22)31-25-5-3-4-23(18-25)21-34-12-10-33(2)11-13-34/h3-9,18-20,31H,10-17,21H2,1-2H3,(H,32,36). The first-order chi connectivity index (χ1) is 18.0. The maximum atomic E-state index is 13.0. The first-order valence-electron chi connectivity index (χ1n) is 13.0. The van der Waals surface area contributed by atoms with Crippen LogP contribution in [0.1, 0.15) is 21.5 Å². The van der Waals surface area contributed by atoms with Crippen LogP contribution in [0.2, 0.25) is 0 Å². The number of amides is 1. The van der Waals surface area contributed by atoms with Gasteiger partial charge in [0.1, 0.15) is 5.82 Å². The Kier molecular flexibility index (Phi) is 7.99. The highest BCUT2D eigenvalue weighted by Gasteiger charge is 2.16. The number of benzene rings is 2. The first-order valence-corrected chi connectivity index (χ1v) is 13.0. The maximum Gasteiger partial charge on any atom is 0.255 e. The van der Waals surface area contributed by atoms with Gasteiger partial charge >= 0.3 is 0 Å². The lowest BCUT2D eigenvalue weighted by Gasteiger charge is -2.32. The quantitative estimate of drug-likeness (QED) is 0.509. The minimum Gasteiger partial charge on any atom is -0.378 e. The molecule has 2 aliphatic heterocycles. The molecule has 0 spiro atoms. The number of ether oxygens (including phenoxy) is 1. The van der Waals surface area contributed by atoms with Crippen molar-refractivity contribution in [2.24, 2.45) is 0 Å². The monoisotopic (exact) mass is 500 g/mol. The van der Waals surface area contributed by atoms with Gasteiger partial charge in [-0.25, -0.2) is 4.98 Å². The number of piperazine rings is 1. The van der Waals surface area contributed by atoms with Gasteiger partial charge in [-0.1, -0.05) is 18.2 Å². The Morgan fingerprint density at radius 3 is 2.57 bits per heavy atom. The van der Waals surface area contributed by atoms with Crippen molar-refractivity contribution in [3.05, 3.63) is 77.5 Å². The molecule has 1 amide bonds. The molecule has 194 valence electrons. The van der Waals surface area contributed by atoms with Crippen LogP contribution in [0.5, 0.6) is 0 Å². The van der Waals surface area contributed by atoms with Crippen molar-refractivity contribution in [1.82, 2.24) is 14.8 Å². The van der Waals surface area contributed by atoms with Gasteiger partial charge in [0.05, 0.1) is 13.2 Å². The molecule has 0 aliphatic carbocycles. The molecule has 37 heavy (non-hydrogen) atoms. The summed E-state index contributed by atoms with van der Waals surface area (Å²) in [5.41, 5.74) is 5.76. The second-order valence-electron chi connectivity index (χ2n) is 9.89. The fourth-order valence-electron chi connectivity index (χ4n) is 4.73. The number of anilines is 4. The van der Waals surface area contributed by atoms with Crippen LogP contribution in [0.15, 0.2) is 60.8 Å². The molecular formula is C29H36N6O2. The molecule has 5 rings (SSSR count). The van der Waals surface area contributed by atoms with E-state index < -0.39 is 0 Å². The highest BCUT2D eigenvalue weighted by atomic mass is 16.5. The number of nitrogens with one attached hydrogen (secondary N) is 2. The van der Waals surface area contributed by atoms with Gasteiger partial charge < -0.3 is 25.2 Å². The lowest BCUT2D eigenvalue weighted by Crippen LogP contribution is -2.43. The third-order valence-corrected chi connectivity index (χ3v) is 7.05. The molecule has 2 N–H and O–H groups in total. The van der Waals surface area contributed by atoms with E-state index in [1.165, 1.54) is 5.56 Å². The topological polar surface area (TPSA) is 73.0 Å². The fourth-order valence-corrected chi connectivity index (χ4v) is 4.73. The number of rotatable bonds is 7. The Hall–Kier alpha value is -3.46. The molecule has 0 saturated carbocycles. The Balaban J connectivity index is 1.25. The number of aromatic nitrogens is 1. The second-order valence-corrected chi connectivity index (χ2v) is 9.89. The highest BCUT2D eigenvalue weighted by molar-refractivity contribution is 6.05. The number of hydrogen-bond donors (Lipinski definition) is 2. The number of pyridine rings is 1. The van der Waals surface area contributed by atoms with Gasteiger partial charge in [-0.05, 0) is 61.5 Å². The van der Waals surface area contributed by atoms with Crippen LogP contribution < -0.4 is 15.5 Å². The van der Waals surface area contributed by atoms with Crippen LogP contribution >= 0.6 is 0 Å². The van der Waals surface area contributed by atoms with Crippen molar-refractivity contribution in [3.63, 3.8) is 0 Å². The van der Waals surface area contributed by atoms with E-state index in [1.54, 1.807) is 12.3 Å². The summed E-state index contributed by atoms with van der Waals surface area (Å²) in [5.74, 6) is 0.652. The van der Waals surface area contributed by atoms with E-state index in [4.69, 9.17) is 4.74 Å². The van der Waals surface area contributed by atoms with Crippen LogP contribution in [0.25, 0.3) is 0 Å². The Bertz CT molecular complexity index is 1220. The average molecular weight is 501 g/mol. The number of carbonyl (C=O) groups excluding carboxylic acids is 1. The summed E-state index contributed by atoms with van der Waals surface area (Å²) < 4.78 is 5.43. The number of aryl methyl sites for hydroxylation is 1. The largest absolute Gasteiger partial charge is 0.378 e. The summed E-state index contributed by atoms with van der Waals surface area (Å²) in [6, 6.07) is 18.1. The zero-order chi connectivity index (χ0) is 25.6. The molecule has 8 nitrogen and oxygen atoms in total. The van der Waals surface area contributed by atoms with E-state index in [9.17, 15) is 4.79 Å². The molecule has 8 heteroatoms. The minimum atomic E-state index is -0.152. The van der Waals surface area contributed by atoms with E-state index >= 15 is 0 Å². The van der Waals surface area contributed by atoms with Crippen LogP contribution in [0, 0.1) is 6.92 Å². The maximum absolute atomic E-state index is 13.0. The van der Waals surface area contributed by atoms with Crippen molar-refractivity contribution in [3.8, 4) is 0 Å². The molecule has 0 radical (unpaired) electrons. The molecule has 1 aromatic heterocycles. The molecule has 0 bridgehead atoms. The van der Waals surface area contributed by atoms with Gasteiger partial charge in [-0.15, -0.1) is 0 Å². The third-order valence-electron chi connectivity index (χ3n) is 7.05. The number of hydrogen-bond acceptors (Lipinski definition) is 7. The number of carbonyl (C=O) groups is 1. The summed E-state index contributed by atoms with van der Waals surface area (Å²) in [5, 5.41) is 6.61. The zero-order valence-corrected chi connectivity index (χ0v) is 21.7. The summed E-state index contributed by atoms with van der Waals surface area (Å²) in [4.78, 5) is 24.5. The zero-order valence-electron chi connectivity index (χ0n) is 21.7. The van der Waals surface area contributed by atoms with E-state index in [0.717, 1.165) is 74.3 Å². The van der Waals surface area contributed by atoms with Crippen molar-refractivity contribution in [2.45, 2.75) is 13.5 Å². The van der Waals surface area contributed by atoms with Gasteiger partial charge in [0.2, 0.25) is 0 Å². The number of nitrogens with zero attached hydrogens (tertiary/aromatic N) is 4. The average Bonchev–Trinajstić information content (AvgIpc) is 2.93. The number of morpholine rings is 1. The van der Waals surface area contributed by atoms with E-state index in [0.29, 0.717) is 18.8 Å². The van der Waals surface area contributed by atoms with Crippen LogP contribution in [-0.2, 0) is 11.3 Å². The minimum absolute atomic E-state index is 0.152. The third kappa shape index (κ3) is 6.65. The molecular weight excluding hydrogens is 464 g/mol. The summed E-state index contributed by atoms with van der Waals surface area (Å²) in [6.07, 6.45) is 1.69. The molecule has 2 aliphatic rings. The van der Waals surface area contributed by atoms with Crippen LogP contribution in [-0.4, -0.2) is 80.2 Å². The second kappa shape index (κ2) is 11.7. The molecule has 3 heterocycles. The molecule has 2 fully saturated rings. The van der Waals surface area contributed by atoms with E-state index in [2.05, 4.69) is 68.6 Å². The first kappa shape index (κ1) is 25.2. The summed E-state index contributed by atoms with van der Waals surface area (Å²) >= 11 is 0. The highest BCUT2D eigenvalue weighted by Crippen LogP contribution is 2.26. The van der Waals surface area contributed by atoms with Crippen LogP contribution in [0.4, 0.5) is 22.9 Å².